The number of ether oxygens (including phenoxy) is 2. The maximum absolute atomic E-state index is 11.7. The van der Waals surface area contributed by atoms with Crippen molar-refractivity contribution >= 4 is 17.9 Å². The largest absolute Gasteiger partial charge is 0.480 e. The summed E-state index contributed by atoms with van der Waals surface area (Å²) in [7, 11) is 0. The third-order valence-corrected chi connectivity index (χ3v) is 2.08. The van der Waals surface area contributed by atoms with E-state index in [1.807, 2.05) is 0 Å². The molecule has 7 heteroatoms. The number of carboxylic acids is 1. The number of carboxylic acid groups (broad SMARTS) is 1. The number of hydrogen-bond acceptors (Lipinski definition) is 6. The van der Waals surface area contributed by atoms with Gasteiger partial charge in [0, 0.05) is 0 Å². The molecule has 0 saturated carbocycles. The fourth-order valence-electron chi connectivity index (χ4n) is 1.38. The van der Waals surface area contributed by atoms with E-state index < -0.39 is 41.6 Å². The molecule has 1 unspecified atom stereocenters. The average Bonchev–Trinajstić information content (AvgIpc) is 2.10. The summed E-state index contributed by atoms with van der Waals surface area (Å²) in [5, 5.41) is 8.60. The van der Waals surface area contributed by atoms with Crippen LogP contribution in [0.2, 0.25) is 0 Å². The highest BCUT2D eigenvalue weighted by Gasteiger charge is 2.30. The van der Waals surface area contributed by atoms with Crippen LogP contribution in [0, 0.1) is 0 Å². The number of aliphatic carboxylic acids is 1. The summed E-state index contributed by atoms with van der Waals surface area (Å²) in [4.78, 5) is 33.7. The van der Waals surface area contributed by atoms with Crippen LogP contribution in [0.4, 0.5) is 0 Å². The summed E-state index contributed by atoms with van der Waals surface area (Å²) in [6, 6.07) is -1.32. The number of rotatable bonds is 6. The second-order valence-corrected chi connectivity index (χ2v) is 6.15. The lowest BCUT2D eigenvalue weighted by molar-refractivity contribution is -0.169. The molecule has 0 saturated heterocycles. The molecule has 0 aliphatic rings. The number of carbonyl (C=O) groups excluding carboxylic acids is 2. The molecule has 0 bridgehead atoms. The van der Waals surface area contributed by atoms with E-state index >= 15 is 0 Å². The number of nitrogens with two attached hydrogens (primary N) is 1. The van der Waals surface area contributed by atoms with Crippen molar-refractivity contribution in [1.82, 2.24) is 0 Å². The summed E-state index contributed by atoms with van der Waals surface area (Å²) in [6.45, 7) is 8.28. The van der Waals surface area contributed by atoms with Gasteiger partial charge in [-0.25, -0.2) is 0 Å². The Morgan fingerprint density at radius 1 is 1.05 bits per heavy atom. The van der Waals surface area contributed by atoms with Crippen molar-refractivity contribution < 1.29 is 29.0 Å². The molecule has 7 nitrogen and oxygen atoms in total. The molecule has 0 radical (unpaired) electrons. The average molecular weight is 289 g/mol. The zero-order chi connectivity index (χ0) is 16.1. The minimum Gasteiger partial charge on any atom is -0.480 e. The van der Waals surface area contributed by atoms with Gasteiger partial charge in [0.15, 0.2) is 0 Å². The van der Waals surface area contributed by atoms with E-state index in [4.69, 9.17) is 20.3 Å². The lowest BCUT2D eigenvalue weighted by atomic mass is 10.0. The van der Waals surface area contributed by atoms with Gasteiger partial charge in [-0.3, -0.25) is 14.4 Å². The Labute approximate surface area is 118 Å². The van der Waals surface area contributed by atoms with E-state index in [1.165, 1.54) is 0 Å². The fraction of sp³-hybridized carbons (Fsp3) is 0.769. The van der Waals surface area contributed by atoms with Crippen LogP contribution in [-0.2, 0) is 23.9 Å². The maximum Gasteiger partial charge on any atom is 0.321 e. The molecule has 0 spiro atoms. The fourth-order valence-corrected chi connectivity index (χ4v) is 1.38. The quantitative estimate of drug-likeness (QED) is 0.696. The van der Waals surface area contributed by atoms with E-state index in [0.717, 1.165) is 0 Å². The van der Waals surface area contributed by atoms with Crippen molar-refractivity contribution in [3.05, 3.63) is 0 Å². The molecule has 0 aliphatic carbocycles. The molecular weight excluding hydrogens is 266 g/mol. The molecule has 0 aromatic rings. The van der Waals surface area contributed by atoms with Crippen molar-refractivity contribution in [3.8, 4) is 0 Å². The molecule has 116 valence electrons. The van der Waals surface area contributed by atoms with Crippen molar-refractivity contribution in [2.75, 3.05) is 0 Å². The molecule has 1 atom stereocenters. The third kappa shape index (κ3) is 8.47. The zero-order valence-corrected chi connectivity index (χ0v) is 12.6. The van der Waals surface area contributed by atoms with Crippen LogP contribution in [0.5, 0.6) is 0 Å². The van der Waals surface area contributed by atoms with Gasteiger partial charge in [-0.1, -0.05) is 0 Å². The van der Waals surface area contributed by atoms with Gasteiger partial charge >= 0.3 is 17.9 Å². The van der Waals surface area contributed by atoms with Gasteiger partial charge in [0.25, 0.3) is 0 Å². The molecule has 0 rings (SSSR count). The van der Waals surface area contributed by atoms with Crippen LogP contribution in [0.15, 0.2) is 0 Å². The highest BCUT2D eigenvalue weighted by molar-refractivity contribution is 5.81. The topological polar surface area (TPSA) is 116 Å². The van der Waals surface area contributed by atoms with E-state index in [1.54, 1.807) is 34.6 Å². The lowest BCUT2D eigenvalue weighted by Crippen LogP contribution is -2.38. The summed E-state index contributed by atoms with van der Waals surface area (Å²) in [6.07, 6.45) is -0.578. The minimum absolute atomic E-state index is 0.127. The standard InChI is InChI=1S/C13H23NO6/c1-12(2,3)19-10(16)7-13(4,5)20-9(15)6-8(14)11(17)18/h8H,6-7,14H2,1-5H3,(H,17,18). The van der Waals surface area contributed by atoms with E-state index in [9.17, 15) is 14.4 Å². The predicted octanol–water partition coefficient (Wildman–Crippen LogP) is 0.842. The Morgan fingerprint density at radius 2 is 1.55 bits per heavy atom. The highest BCUT2D eigenvalue weighted by atomic mass is 16.6. The molecule has 0 amide bonds. The predicted molar refractivity (Wildman–Crippen MR) is 70.9 cm³/mol. The zero-order valence-electron chi connectivity index (χ0n) is 12.6. The molecule has 0 heterocycles. The van der Waals surface area contributed by atoms with Gasteiger partial charge in [0.1, 0.15) is 17.2 Å². The number of carbonyl (C=O) groups is 3. The monoisotopic (exact) mass is 289 g/mol. The summed E-state index contributed by atoms with van der Waals surface area (Å²) in [5.74, 6) is -2.56. The van der Waals surface area contributed by atoms with Gasteiger partial charge < -0.3 is 20.3 Å². The molecular formula is C13H23NO6. The van der Waals surface area contributed by atoms with Gasteiger partial charge in [0.05, 0.1) is 12.8 Å². The Morgan fingerprint density at radius 3 is 1.95 bits per heavy atom. The Bertz CT molecular complexity index is 383. The first kappa shape index (κ1) is 18.4. The van der Waals surface area contributed by atoms with E-state index in [0.29, 0.717) is 0 Å². The Hall–Kier alpha value is -1.63. The van der Waals surface area contributed by atoms with Crippen LogP contribution >= 0.6 is 0 Å². The lowest BCUT2D eigenvalue weighted by Gasteiger charge is -2.27. The summed E-state index contributed by atoms with van der Waals surface area (Å²) < 4.78 is 10.2. The van der Waals surface area contributed by atoms with Crippen molar-refractivity contribution in [3.63, 3.8) is 0 Å². The van der Waals surface area contributed by atoms with Gasteiger partial charge in [0.2, 0.25) is 0 Å². The van der Waals surface area contributed by atoms with Crippen LogP contribution in [0.1, 0.15) is 47.5 Å². The first-order valence-electron chi connectivity index (χ1n) is 6.24. The van der Waals surface area contributed by atoms with Crippen molar-refractivity contribution in [1.29, 1.82) is 0 Å². The van der Waals surface area contributed by atoms with Crippen LogP contribution < -0.4 is 5.73 Å². The second-order valence-electron chi connectivity index (χ2n) is 6.15. The van der Waals surface area contributed by atoms with Crippen molar-refractivity contribution in [2.24, 2.45) is 5.73 Å². The summed E-state index contributed by atoms with van der Waals surface area (Å²) in [5.41, 5.74) is 3.52. The Kier molecular flexibility index (Phi) is 6.15. The number of hydrogen-bond donors (Lipinski definition) is 2. The molecule has 0 aromatic heterocycles. The second kappa shape index (κ2) is 6.69. The molecule has 0 aliphatic heterocycles. The smallest absolute Gasteiger partial charge is 0.321 e. The van der Waals surface area contributed by atoms with Crippen LogP contribution in [-0.4, -0.2) is 40.3 Å². The minimum atomic E-state index is -1.32. The van der Waals surface area contributed by atoms with Crippen LogP contribution in [0.25, 0.3) is 0 Å². The van der Waals surface area contributed by atoms with Gasteiger partial charge in [-0.05, 0) is 34.6 Å². The summed E-state index contributed by atoms with van der Waals surface area (Å²) >= 11 is 0. The first-order chi connectivity index (χ1) is 8.82. The van der Waals surface area contributed by atoms with E-state index in [-0.39, 0.29) is 6.42 Å². The highest BCUT2D eigenvalue weighted by Crippen LogP contribution is 2.19. The van der Waals surface area contributed by atoms with Gasteiger partial charge in [-0.2, -0.15) is 0 Å². The Balaban J connectivity index is 4.41. The SMILES string of the molecule is CC(C)(C)OC(=O)CC(C)(C)OC(=O)CC(N)C(=O)O. The van der Waals surface area contributed by atoms with Gasteiger partial charge in [-0.15, -0.1) is 0 Å². The van der Waals surface area contributed by atoms with E-state index in [2.05, 4.69) is 0 Å². The van der Waals surface area contributed by atoms with Crippen molar-refractivity contribution in [2.45, 2.75) is 64.7 Å². The molecule has 20 heavy (non-hydrogen) atoms. The maximum atomic E-state index is 11.7. The molecule has 0 fully saturated rings. The van der Waals surface area contributed by atoms with Crippen LogP contribution in [0.3, 0.4) is 0 Å². The number of esters is 2. The normalized spacial score (nSPS) is 13.5. The molecule has 0 aromatic carbocycles. The third-order valence-electron chi connectivity index (χ3n) is 2.08. The molecule has 3 N–H and O–H groups in total. The first-order valence-corrected chi connectivity index (χ1v) is 6.24.